The van der Waals surface area contributed by atoms with Crippen molar-refractivity contribution in [3.05, 3.63) is 28.1 Å². The highest BCUT2D eigenvalue weighted by Gasteiger charge is 2.27. The first-order chi connectivity index (χ1) is 7.75. The molecule has 16 heavy (non-hydrogen) atoms. The number of nitrogens with zero attached hydrogens (tertiary/aromatic N) is 1. The number of thiophene rings is 1. The van der Waals surface area contributed by atoms with Gasteiger partial charge in [0.05, 0.1) is 17.9 Å². The van der Waals surface area contributed by atoms with Crippen LogP contribution in [0.2, 0.25) is 0 Å². The molecule has 1 aromatic rings. The van der Waals surface area contributed by atoms with Crippen LogP contribution in [-0.4, -0.2) is 24.1 Å². The van der Waals surface area contributed by atoms with Gasteiger partial charge in [-0.3, -0.25) is 14.6 Å². The molecule has 0 aromatic carbocycles. The zero-order valence-corrected chi connectivity index (χ0v) is 8.93. The third-order valence-electron chi connectivity index (χ3n) is 2.38. The van der Waals surface area contributed by atoms with Crippen LogP contribution in [-0.2, 0) is 4.79 Å². The molecule has 0 spiro atoms. The Balaban J connectivity index is 2.10. The van der Waals surface area contributed by atoms with Gasteiger partial charge in [0.1, 0.15) is 10.6 Å². The summed E-state index contributed by atoms with van der Waals surface area (Å²) in [5.74, 6) is -0.478. The summed E-state index contributed by atoms with van der Waals surface area (Å²) in [5.41, 5.74) is 1.34. The summed E-state index contributed by atoms with van der Waals surface area (Å²) in [6, 6.07) is 1.71. The number of aliphatic imine (C=N–C) groups is 1. The largest absolute Gasteiger partial charge is 0.319 e. The zero-order chi connectivity index (χ0) is 11.1. The van der Waals surface area contributed by atoms with Gasteiger partial charge in [-0.1, -0.05) is 0 Å². The number of anilines is 1. The Labute approximate surface area is 94.9 Å². The van der Waals surface area contributed by atoms with E-state index in [9.17, 15) is 9.59 Å². The first-order valence-electron chi connectivity index (χ1n) is 4.71. The number of rotatable bonds is 0. The second-order valence-electron chi connectivity index (χ2n) is 3.38. The average molecular weight is 233 g/mol. The minimum absolute atomic E-state index is 0.203. The highest BCUT2D eigenvalue weighted by molar-refractivity contribution is 7.12. The summed E-state index contributed by atoms with van der Waals surface area (Å²) in [7, 11) is 0. The molecule has 0 aliphatic carbocycles. The van der Waals surface area contributed by atoms with Crippen molar-refractivity contribution in [2.45, 2.75) is 0 Å². The number of nitrogens with one attached hydrogen (secondary N) is 2. The maximum atomic E-state index is 11.8. The fourth-order valence-electron chi connectivity index (χ4n) is 1.66. The number of amides is 2. The molecule has 2 aliphatic heterocycles. The van der Waals surface area contributed by atoms with Crippen molar-refractivity contribution in [2.75, 3.05) is 11.9 Å². The molecular weight excluding hydrogens is 226 g/mol. The Morgan fingerprint density at radius 2 is 2.12 bits per heavy atom. The van der Waals surface area contributed by atoms with Crippen LogP contribution < -0.4 is 10.6 Å². The first-order valence-corrected chi connectivity index (χ1v) is 5.59. The molecule has 3 heterocycles. The van der Waals surface area contributed by atoms with E-state index in [-0.39, 0.29) is 11.8 Å². The Kier molecular flexibility index (Phi) is 1.90. The molecule has 1 aromatic heterocycles. The van der Waals surface area contributed by atoms with Crippen LogP contribution in [0.1, 0.15) is 9.67 Å². The maximum absolute atomic E-state index is 11.8. The summed E-state index contributed by atoms with van der Waals surface area (Å²) in [4.78, 5) is 28.2. The van der Waals surface area contributed by atoms with Gasteiger partial charge in [-0.05, 0) is 17.5 Å². The van der Waals surface area contributed by atoms with Crippen LogP contribution in [0.15, 0.2) is 28.2 Å². The molecule has 2 amide bonds. The number of fused-ring (bicyclic) bond motifs is 2. The van der Waals surface area contributed by atoms with Crippen LogP contribution in [0, 0.1) is 0 Å². The van der Waals surface area contributed by atoms with Gasteiger partial charge in [-0.15, -0.1) is 11.3 Å². The summed E-state index contributed by atoms with van der Waals surface area (Å²) in [6.07, 6.45) is 1.73. The molecule has 80 valence electrons. The van der Waals surface area contributed by atoms with E-state index in [1.807, 2.05) is 0 Å². The molecule has 0 atom stereocenters. The molecule has 0 saturated carbocycles. The number of hydrogen-bond acceptors (Lipinski definition) is 4. The van der Waals surface area contributed by atoms with Gasteiger partial charge < -0.3 is 10.6 Å². The van der Waals surface area contributed by atoms with E-state index in [0.29, 0.717) is 28.5 Å². The Morgan fingerprint density at radius 1 is 1.25 bits per heavy atom. The van der Waals surface area contributed by atoms with E-state index in [4.69, 9.17) is 0 Å². The maximum Gasteiger partial charge on any atom is 0.276 e. The lowest BCUT2D eigenvalue weighted by Gasteiger charge is -2.13. The van der Waals surface area contributed by atoms with E-state index in [1.54, 1.807) is 17.5 Å². The fraction of sp³-hybridized carbons (Fsp3) is 0.100. The minimum atomic E-state index is -0.275. The second kappa shape index (κ2) is 3.28. The first kappa shape index (κ1) is 9.29. The predicted molar refractivity (Wildman–Crippen MR) is 60.8 cm³/mol. The van der Waals surface area contributed by atoms with Gasteiger partial charge in [0.2, 0.25) is 0 Å². The summed E-state index contributed by atoms with van der Waals surface area (Å²) >= 11 is 1.30. The summed E-state index contributed by atoms with van der Waals surface area (Å²) in [5, 5.41) is 7.14. The molecule has 0 unspecified atom stereocenters. The van der Waals surface area contributed by atoms with Crippen molar-refractivity contribution in [1.82, 2.24) is 5.32 Å². The average Bonchev–Trinajstić information content (AvgIpc) is 2.84. The van der Waals surface area contributed by atoms with E-state index in [2.05, 4.69) is 15.6 Å². The zero-order valence-electron chi connectivity index (χ0n) is 8.11. The van der Waals surface area contributed by atoms with Gasteiger partial charge in [0.15, 0.2) is 0 Å². The van der Waals surface area contributed by atoms with Gasteiger partial charge in [0.25, 0.3) is 11.8 Å². The molecule has 6 heteroatoms. The smallest absolute Gasteiger partial charge is 0.276 e. The standard InChI is InChI=1S/C10H7N3O2S/c14-9-7-5(1-3-11-7)12-10(15)8-6(13-9)2-4-16-8/h1-2,4H,3H2,(H,12,15)(H,13,14). The van der Waals surface area contributed by atoms with E-state index in [0.717, 1.165) is 0 Å². The van der Waals surface area contributed by atoms with E-state index in [1.165, 1.54) is 11.3 Å². The van der Waals surface area contributed by atoms with Gasteiger partial charge in [-0.25, -0.2) is 0 Å². The van der Waals surface area contributed by atoms with E-state index >= 15 is 0 Å². The third-order valence-corrected chi connectivity index (χ3v) is 3.30. The normalized spacial score (nSPS) is 18.5. The number of carbonyl (C=O) groups excluding carboxylic acids is 2. The number of hydrogen-bond donors (Lipinski definition) is 2. The lowest BCUT2D eigenvalue weighted by Crippen LogP contribution is -2.35. The molecule has 0 fully saturated rings. The molecule has 2 aliphatic rings. The SMILES string of the molecule is O=C1Nc2ccsc2C(=O)NC2=CCN=C12. The summed E-state index contributed by atoms with van der Waals surface area (Å²) in [6.45, 7) is 0.437. The Hall–Kier alpha value is -1.95. The van der Waals surface area contributed by atoms with Crippen molar-refractivity contribution in [3.8, 4) is 0 Å². The van der Waals surface area contributed by atoms with Crippen LogP contribution in [0.3, 0.4) is 0 Å². The van der Waals surface area contributed by atoms with Crippen LogP contribution in [0.4, 0.5) is 5.69 Å². The lowest BCUT2D eigenvalue weighted by atomic mass is 10.2. The molecular formula is C10H7N3O2S. The topological polar surface area (TPSA) is 70.6 Å². The Bertz CT molecular complexity index is 556. The summed E-state index contributed by atoms with van der Waals surface area (Å²) < 4.78 is 0. The van der Waals surface area contributed by atoms with E-state index < -0.39 is 0 Å². The van der Waals surface area contributed by atoms with Crippen molar-refractivity contribution >= 4 is 34.6 Å². The Morgan fingerprint density at radius 3 is 3.00 bits per heavy atom. The van der Waals surface area contributed by atoms with Gasteiger partial charge in [-0.2, -0.15) is 0 Å². The van der Waals surface area contributed by atoms with Crippen LogP contribution >= 0.6 is 11.3 Å². The number of carbonyl (C=O) groups is 2. The minimum Gasteiger partial charge on any atom is -0.319 e. The molecule has 5 nitrogen and oxygen atoms in total. The van der Waals surface area contributed by atoms with Gasteiger partial charge in [0, 0.05) is 0 Å². The quantitative estimate of drug-likeness (QED) is 0.694. The molecule has 3 rings (SSSR count). The lowest BCUT2D eigenvalue weighted by molar-refractivity contribution is -0.110. The fourth-order valence-corrected chi connectivity index (χ4v) is 2.40. The van der Waals surface area contributed by atoms with Crippen molar-refractivity contribution in [3.63, 3.8) is 0 Å². The van der Waals surface area contributed by atoms with Crippen molar-refractivity contribution in [1.29, 1.82) is 0 Å². The third kappa shape index (κ3) is 1.27. The van der Waals surface area contributed by atoms with Crippen LogP contribution in [0.25, 0.3) is 0 Å². The molecule has 2 N–H and O–H groups in total. The molecule has 0 bridgehead atoms. The van der Waals surface area contributed by atoms with Crippen LogP contribution in [0.5, 0.6) is 0 Å². The molecule has 0 radical (unpaired) electrons. The van der Waals surface area contributed by atoms with Crippen molar-refractivity contribution < 1.29 is 9.59 Å². The highest BCUT2D eigenvalue weighted by atomic mass is 32.1. The monoisotopic (exact) mass is 233 g/mol. The van der Waals surface area contributed by atoms with Gasteiger partial charge >= 0.3 is 0 Å². The highest BCUT2D eigenvalue weighted by Crippen LogP contribution is 2.24. The second-order valence-corrected chi connectivity index (χ2v) is 4.29. The van der Waals surface area contributed by atoms with Crippen molar-refractivity contribution in [2.24, 2.45) is 4.99 Å². The predicted octanol–water partition coefficient (Wildman–Crippen LogP) is 0.769. The molecule has 0 saturated heterocycles.